The van der Waals surface area contributed by atoms with Crippen LogP contribution in [0.2, 0.25) is 0 Å². The highest BCUT2D eigenvalue weighted by Gasteiger charge is 2.15. The molecule has 1 amide bonds. The quantitative estimate of drug-likeness (QED) is 0.916. The molecule has 4 nitrogen and oxygen atoms in total. The zero-order valence-electron chi connectivity index (χ0n) is 10.6. The van der Waals surface area contributed by atoms with E-state index in [-0.39, 0.29) is 18.3 Å². The van der Waals surface area contributed by atoms with Gasteiger partial charge in [0.15, 0.2) is 0 Å². The maximum Gasteiger partial charge on any atom is 0.239 e. The van der Waals surface area contributed by atoms with Gasteiger partial charge in [-0.1, -0.05) is 15.9 Å². The van der Waals surface area contributed by atoms with E-state index < -0.39 is 6.04 Å². The normalized spacial score (nSPS) is 11.4. The molecule has 0 bridgehead atoms. The van der Waals surface area contributed by atoms with Crippen molar-refractivity contribution in [1.29, 1.82) is 0 Å². The topological polar surface area (TPSA) is 55.6 Å². The third kappa shape index (κ3) is 4.48. The predicted molar refractivity (Wildman–Crippen MR) is 78.1 cm³/mol. The monoisotopic (exact) mass is 336 g/mol. The largest absolute Gasteiger partial charge is 0.496 e. The van der Waals surface area contributed by atoms with E-state index in [1.807, 2.05) is 18.2 Å². The molecule has 0 aliphatic carbocycles. The molecule has 0 saturated carbocycles. The van der Waals surface area contributed by atoms with Crippen molar-refractivity contribution in [1.82, 2.24) is 4.90 Å². The Balaban J connectivity index is 0.00000289. The van der Waals surface area contributed by atoms with Crippen LogP contribution in [0.25, 0.3) is 0 Å². The fraction of sp³-hybridized carbons (Fsp3) is 0.417. The van der Waals surface area contributed by atoms with E-state index in [2.05, 4.69) is 15.9 Å². The van der Waals surface area contributed by atoms with Crippen molar-refractivity contribution in [2.24, 2.45) is 5.73 Å². The fourth-order valence-corrected chi connectivity index (χ4v) is 1.96. The van der Waals surface area contributed by atoms with Crippen molar-refractivity contribution in [2.45, 2.75) is 19.5 Å². The highest BCUT2D eigenvalue weighted by Crippen LogP contribution is 2.24. The van der Waals surface area contributed by atoms with Crippen LogP contribution in [0.15, 0.2) is 22.7 Å². The zero-order valence-corrected chi connectivity index (χ0v) is 13.0. The molecule has 0 aliphatic rings. The van der Waals surface area contributed by atoms with Crippen LogP contribution in [0.1, 0.15) is 12.5 Å². The van der Waals surface area contributed by atoms with Gasteiger partial charge in [0.25, 0.3) is 0 Å². The average molecular weight is 338 g/mol. The molecule has 1 aromatic rings. The van der Waals surface area contributed by atoms with Crippen LogP contribution in [-0.2, 0) is 11.3 Å². The van der Waals surface area contributed by atoms with Crippen molar-refractivity contribution < 1.29 is 9.53 Å². The van der Waals surface area contributed by atoms with Crippen LogP contribution in [0.5, 0.6) is 5.75 Å². The summed E-state index contributed by atoms with van der Waals surface area (Å²) in [6, 6.07) is 5.21. The van der Waals surface area contributed by atoms with Crippen LogP contribution >= 0.6 is 28.3 Å². The molecule has 0 spiro atoms. The fourth-order valence-electron chi connectivity index (χ4n) is 1.55. The molecule has 6 heteroatoms. The summed E-state index contributed by atoms with van der Waals surface area (Å²) in [5.41, 5.74) is 6.50. The number of halogens is 2. The van der Waals surface area contributed by atoms with Crippen LogP contribution in [0, 0.1) is 0 Å². The van der Waals surface area contributed by atoms with Gasteiger partial charge in [0.05, 0.1) is 13.2 Å². The van der Waals surface area contributed by atoms with Crippen LogP contribution in [0.3, 0.4) is 0 Å². The molecule has 0 heterocycles. The number of carbonyl (C=O) groups is 1. The molecule has 2 N–H and O–H groups in total. The summed E-state index contributed by atoms with van der Waals surface area (Å²) in [6.07, 6.45) is 0. The molecule has 1 rings (SSSR count). The maximum absolute atomic E-state index is 11.7. The lowest BCUT2D eigenvalue weighted by Crippen LogP contribution is -2.39. The highest BCUT2D eigenvalue weighted by molar-refractivity contribution is 9.10. The summed E-state index contributed by atoms with van der Waals surface area (Å²) in [7, 11) is 3.34. The molecule has 0 saturated heterocycles. The number of amides is 1. The zero-order chi connectivity index (χ0) is 13.0. The number of hydrogen-bond acceptors (Lipinski definition) is 3. The summed E-state index contributed by atoms with van der Waals surface area (Å²) in [5.74, 6) is 0.671. The summed E-state index contributed by atoms with van der Waals surface area (Å²) >= 11 is 3.40. The summed E-state index contributed by atoms with van der Waals surface area (Å²) in [5, 5.41) is 0. The Morgan fingerprint density at radius 3 is 2.67 bits per heavy atom. The summed E-state index contributed by atoms with van der Waals surface area (Å²) in [4.78, 5) is 13.3. The second-order valence-corrected chi connectivity index (χ2v) is 4.85. The van der Waals surface area contributed by atoms with Gasteiger partial charge in [-0.15, -0.1) is 12.4 Å². The Bertz CT molecular complexity index is 413. The molecule has 0 radical (unpaired) electrons. The highest BCUT2D eigenvalue weighted by atomic mass is 79.9. The van der Waals surface area contributed by atoms with Gasteiger partial charge in [-0.3, -0.25) is 4.79 Å². The average Bonchev–Trinajstić information content (AvgIpc) is 2.28. The molecule has 102 valence electrons. The van der Waals surface area contributed by atoms with Crippen LogP contribution in [-0.4, -0.2) is 31.0 Å². The van der Waals surface area contributed by atoms with Crippen molar-refractivity contribution in [2.75, 3.05) is 14.2 Å². The van der Waals surface area contributed by atoms with Crippen molar-refractivity contribution in [3.8, 4) is 5.75 Å². The molecule has 18 heavy (non-hydrogen) atoms. The Morgan fingerprint density at radius 2 is 2.17 bits per heavy atom. The molecule has 1 atom stereocenters. The summed E-state index contributed by atoms with van der Waals surface area (Å²) < 4.78 is 6.21. The molecular weight excluding hydrogens is 320 g/mol. The van der Waals surface area contributed by atoms with E-state index in [9.17, 15) is 4.79 Å². The van der Waals surface area contributed by atoms with Gasteiger partial charge in [0.2, 0.25) is 5.91 Å². The van der Waals surface area contributed by atoms with Gasteiger partial charge in [-0.25, -0.2) is 0 Å². The van der Waals surface area contributed by atoms with Gasteiger partial charge in [0, 0.05) is 23.6 Å². The Hall–Kier alpha value is -0.780. The number of hydrogen-bond donors (Lipinski definition) is 1. The van der Waals surface area contributed by atoms with Gasteiger partial charge >= 0.3 is 0 Å². The van der Waals surface area contributed by atoms with E-state index in [0.717, 1.165) is 15.8 Å². The number of methoxy groups -OCH3 is 1. The minimum absolute atomic E-state index is 0. The van der Waals surface area contributed by atoms with E-state index in [1.165, 1.54) is 0 Å². The predicted octanol–water partition coefficient (Wildman–Crippen LogP) is 2.19. The minimum atomic E-state index is -0.488. The van der Waals surface area contributed by atoms with Crippen molar-refractivity contribution in [3.63, 3.8) is 0 Å². The Kier molecular flexibility index (Phi) is 7.28. The van der Waals surface area contributed by atoms with Crippen molar-refractivity contribution in [3.05, 3.63) is 28.2 Å². The first kappa shape index (κ1) is 17.2. The minimum Gasteiger partial charge on any atom is -0.496 e. The van der Waals surface area contributed by atoms with Gasteiger partial charge < -0.3 is 15.4 Å². The number of nitrogens with two attached hydrogens (primary N) is 1. The maximum atomic E-state index is 11.7. The van der Waals surface area contributed by atoms with Gasteiger partial charge in [-0.2, -0.15) is 0 Å². The lowest BCUT2D eigenvalue weighted by molar-refractivity contribution is -0.131. The van der Waals surface area contributed by atoms with Crippen molar-refractivity contribution >= 4 is 34.2 Å². The number of ether oxygens (including phenoxy) is 1. The standard InChI is InChI=1S/C12H17BrN2O2.ClH/c1-8(14)12(16)15(2)7-9-6-10(13)4-5-11(9)17-3;/h4-6,8H,7,14H2,1-3H3;1H/t8-;/m0./s1. The first-order valence-corrected chi connectivity index (χ1v) is 6.08. The third-order valence-corrected chi connectivity index (χ3v) is 2.91. The van der Waals surface area contributed by atoms with E-state index in [0.29, 0.717) is 6.54 Å². The molecule has 0 fully saturated rings. The number of benzene rings is 1. The SMILES string of the molecule is COc1ccc(Br)cc1CN(C)C(=O)[C@H](C)N.Cl. The lowest BCUT2D eigenvalue weighted by atomic mass is 10.2. The van der Waals surface area contributed by atoms with E-state index >= 15 is 0 Å². The number of nitrogens with zero attached hydrogens (tertiary/aromatic N) is 1. The first-order valence-electron chi connectivity index (χ1n) is 5.28. The smallest absolute Gasteiger partial charge is 0.239 e. The van der Waals surface area contributed by atoms with Gasteiger partial charge in [0.1, 0.15) is 5.75 Å². The lowest BCUT2D eigenvalue weighted by Gasteiger charge is -2.20. The van der Waals surface area contributed by atoms with Crippen LogP contribution < -0.4 is 10.5 Å². The number of carbonyl (C=O) groups excluding carboxylic acids is 1. The second kappa shape index (κ2) is 7.61. The molecule has 0 aromatic heterocycles. The second-order valence-electron chi connectivity index (χ2n) is 3.94. The molecule has 1 aromatic carbocycles. The Morgan fingerprint density at radius 1 is 1.56 bits per heavy atom. The molecule has 0 aliphatic heterocycles. The molecule has 0 unspecified atom stereocenters. The van der Waals surface area contributed by atoms with Crippen LogP contribution in [0.4, 0.5) is 0 Å². The number of rotatable bonds is 4. The first-order chi connectivity index (χ1) is 7.95. The number of likely N-dealkylation sites (N-methyl/N-ethyl adjacent to an activating group) is 1. The van der Waals surface area contributed by atoms with E-state index in [1.54, 1.807) is 26.0 Å². The summed E-state index contributed by atoms with van der Waals surface area (Å²) in [6.45, 7) is 2.15. The third-order valence-electron chi connectivity index (χ3n) is 2.42. The Labute approximate surface area is 122 Å². The molecular formula is C12H18BrClN2O2. The van der Waals surface area contributed by atoms with E-state index in [4.69, 9.17) is 10.5 Å². The van der Waals surface area contributed by atoms with Gasteiger partial charge in [-0.05, 0) is 25.1 Å².